The number of hydrogen-bond acceptors (Lipinski definition) is 5. The van der Waals surface area contributed by atoms with Crippen molar-refractivity contribution < 1.29 is 14.7 Å². The largest absolute Gasteiger partial charge is 0.477 e. The fourth-order valence-corrected chi connectivity index (χ4v) is 2.61. The van der Waals surface area contributed by atoms with Gasteiger partial charge in [0.2, 0.25) is 0 Å². The highest BCUT2D eigenvalue weighted by Gasteiger charge is 2.17. The van der Waals surface area contributed by atoms with Crippen molar-refractivity contribution in [2.45, 2.75) is 32.7 Å². The average Bonchev–Trinajstić information content (AvgIpc) is 2.94. The van der Waals surface area contributed by atoms with Crippen LogP contribution in [-0.2, 0) is 12.0 Å². The van der Waals surface area contributed by atoms with Gasteiger partial charge in [0.15, 0.2) is 0 Å². The molecule has 0 aliphatic carbocycles. The molecule has 0 fully saturated rings. The molecule has 2 aromatic rings. The van der Waals surface area contributed by atoms with Gasteiger partial charge >= 0.3 is 5.97 Å². The lowest BCUT2D eigenvalue weighted by atomic mass is 9.93. The number of carboxylic acid groups (broad SMARTS) is 1. The maximum absolute atomic E-state index is 12.0. The van der Waals surface area contributed by atoms with Gasteiger partial charge in [-0.25, -0.2) is 14.8 Å². The minimum Gasteiger partial charge on any atom is -0.477 e. The van der Waals surface area contributed by atoms with Gasteiger partial charge < -0.3 is 10.4 Å². The SMILES string of the molecule is CC(C)(C)c1csc(CNC(=O)c2ccc(C(=O)O)nc2)n1. The first kappa shape index (κ1) is 16.1. The molecule has 0 aliphatic heterocycles. The molecule has 0 unspecified atom stereocenters. The highest BCUT2D eigenvalue weighted by Crippen LogP contribution is 2.23. The molecular weight excluding hydrogens is 302 g/mol. The number of rotatable bonds is 4. The Balaban J connectivity index is 1.98. The molecule has 0 saturated carbocycles. The van der Waals surface area contributed by atoms with Gasteiger partial charge in [0.25, 0.3) is 5.91 Å². The molecular formula is C15H17N3O3S. The Kier molecular flexibility index (Phi) is 4.56. The fourth-order valence-electron chi connectivity index (χ4n) is 1.65. The molecule has 1 amide bonds. The van der Waals surface area contributed by atoms with Crippen LogP contribution in [0, 0.1) is 0 Å². The standard InChI is InChI=1S/C15H17N3O3S/c1-15(2,3)11-8-22-12(18-11)7-17-13(19)9-4-5-10(14(20)21)16-6-9/h4-6,8H,7H2,1-3H3,(H,17,19)(H,20,21). The first-order valence-electron chi connectivity index (χ1n) is 6.70. The summed E-state index contributed by atoms with van der Waals surface area (Å²) in [6, 6.07) is 2.74. The van der Waals surface area contributed by atoms with Gasteiger partial charge in [-0.15, -0.1) is 11.3 Å². The monoisotopic (exact) mass is 319 g/mol. The summed E-state index contributed by atoms with van der Waals surface area (Å²) in [5, 5.41) is 14.3. The highest BCUT2D eigenvalue weighted by atomic mass is 32.1. The van der Waals surface area contributed by atoms with Crippen LogP contribution in [0.3, 0.4) is 0 Å². The quantitative estimate of drug-likeness (QED) is 0.903. The second-order valence-corrected chi connectivity index (χ2v) is 6.74. The average molecular weight is 319 g/mol. The molecule has 2 aromatic heterocycles. The van der Waals surface area contributed by atoms with Gasteiger partial charge in [0, 0.05) is 17.0 Å². The number of aromatic nitrogens is 2. The molecule has 0 atom stereocenters. The predicted molar refractivity (Wildman–Crippen MR) is 83.2 cm³/mol. The molecule has 7 heteroatoms. The van der Waals surface area contributed by atoms with Crippen LogP contribution in [0.2, 0.25) is 0 Å². The van der Waals surface area contributed by atoms with E-state index in [1.54, 1.807) is 0 Å². The first-order valence-corrected chi connectivity index (χ1v) is 7.58. The number of pyridine rings is 1. The molecule has 0 spiro atoms. The summed E-state index contributed by atoms with van der Waals surface area (Å²) in [7, 11) is 0. The van der Waals surface area contributed by atoms with Gasteiger partial charge in [-0.1, -0.05) is 20.8 Å². The molecule has 2 N–H and O–H groups in total. The smallest absolute Gasteiger partial charge is 0.354 e. The van der Waals surface area contributed by atoms with E-state index >= 15 is 0 Å². The van der Waals surface area contributed by atoms with E-state index < -0.39 is 5.97 Å². The molecule has 0 aliphatic rings. The summed E-state index contributed by atoms with van der Waals surface area (Å²) in [5.74, 6) is -1.43. The maximum Gasteiger partial charge on any atom is 0.354 e. The van der Waals surface area contributed by atoms with Crippen molar-refractivity contribution >= 4 is 23.2 Å². The van der Waals surface area contributed by atoms with Crippen molar-refractivity contribution in [3.05, 3.63) is 45.7 Å². The third kappa shape index (κ3) is 3.88. The number of nitrogens with zero attached hydrogens (tertiary/aromatic N) is 2. The number of carboxylic acids is 1. The number of carbonyl (C=O) groups excluding carboxylic acids is 1. The molecule has 0 aromatic carbocycles. The van der Waals surface area contributed by atoms with Crippen LogP contribution in [0.15, 0.2) is 23.7 Å². The van der Waals surface area contributed by atoms with Crippen molar-refractivity contribution in [2.75, 3.05) is 0 Å². The lowest BCUT2D eigenvalue weighted by molar-refractivity contribution is 0.0689. The van der Waals surface area contributed by atoms with E-state index in [1.807, 2.05) is 5.38 Å². The summed E-state index contributed by atoms with van der Waals surface area (Å²) in [5.41, 5.74) is 1.20. The van der Waals surface area contributed by atoms with E-state index in [9.17, 15) is 9.59 Å². The van der Waals surface area contributed by atoms with Gasteiger partial charge in [-0.3, -0.25) is 4.79 Å². The number of thiazole rings is 1. The molecule has 2 rings (SSSR count). The van der Waals surface area contributed by atoms with Gasteiger partial charge in [0.05, 0.1) is 17.8 Å². The van der Waals surface area contributed by atoms with Crippen molar-refractivity contribution in [3.63, 3.8) is 0 Å². The summed E-state index contributed by atoms with van der Waals surface area (Å²) < 4.78 is 0. The highest BCUT2D eigenvalue weighted by molar-refractivity contribution is 7.09. The molecule has 6 nitrogen and oxygen atoms in total. The van der Waals surface area contributed by atoms with E-state index in [4.69, 9.17) is 5.11 Å². The van der Waals surface area contributed by atoms with Gasteiger partial charge in [-0.05, 0) is 12.1 Å². The Bertz CT molecular complexity index is 687. The zero-order valence-corrected chi connectivity index (χ0v) is 13.4. The van der Waals surface area contributed by atoms with Crippen LogP contribution in [-0.4, -0.2) is 27.0 Å². The molecule has 116 valence electrons. The third-order valence-corrected chi connectivity index (χ3v) is 3.81. The Morgan fingerprint density at radius 1 is 1.32 bits per heavy atom. The van der Waals surface area contributed by atoms with Crippen molar-refractivity contribution in [1.82, 2.24) is 15.3 Å². The van der Waals surface area contributed by atoms with Gasteiger partial charge in [0.1, 0.15) is 10.7 Å². The fraction of sp³-hybridized carbons (Fsp3) is 0.333. The molecule has 22 heavy (non-hydrogen) atoms. The minimum atomic E-state index is -1.12. The molecule has 0 radical (unpaired) electrons. The second kappa shape index (κ2) is 6.23. The predicted octanol–water partition coefficient (Wildman–Crippen LogP) is 2.46. The molecule has 0 saturated heterocycles. The first-order chi connectivity index (χ1) is 10.3. The Labute approximate surface area is 132 Å². The number of amides is 1. The van der Waals surface area contributed by atoms with Gasteiger partial charge in [-0.2, -0.15) is 0 Å². The Morgan fingerprint density at radius 2 is 2.05 bits per heavy atom. The Morgan fingerprint density at radius 3 is 2.55 bits per heavy atom. The molecule has 2 heterocycles. The zero-order valence-electron chi connectivity index (χ0n) is 12.6. The second-order valence-electron chi connectivity index (χ2n) is 5.80. The van der Waals surface area contributed by atoms with E-state index in [2.05, 4.69) is 36.1 Å². The number of carbonyl (C=O) groups is 2. The van der Waals surface area contributed by atoms with Crippen molar-refractivity contribution in [3.8, 4) is 0 Å². The van der Waals surface area contributed by atoms with Crippen LogP contribution in [0.4, 0.5) is 0 Å². The van der Waals surface area contributed by atoms with E-state index in [-0.39, 0.29) is 17.0 Å². The number of nitrogens with one attached hydrogen (secondary N) is 1. The molecule has 0 bridgehead atoms. The summed E-state index contributed by atoms with van der Waals surface area (Å²) >= 11 is 1.50. The summed E-state index contributed by atoms with van der Waals surface area (Å²) in [6.07, 6.45) is 1.25. The minimum absolute atomic E-state index is 0.0185. The number of hydrogen-bond donors (Lipinski definition) is 2. The third-order valence-electron chi connectivity index (χ3n) is 2.97. The Hall–Kier alpha value is -2.28. The van der Waals surface area contributed by atoms with E-state index in [0.29, 0.717) is 12.1 Å². The zero-order chi connectivity index (χ0) is 16.3. The summed E-state index contributed by atoms with van der Waals surface area (Å²) in [4.78, 5) is 30.9. The van der Waals surface area contributed by atoms with Crippen LogP contribution < -0.4 is 5.32 Å². The van der Waals surface area contributed by atoms with Crippen molar-refractivity contribution in [1.29, 1.82) is 0 Å². The van der Waals surface area contributed by atoms with Crippen molar-refractivity contribution in [2.24, 2.45) is 0 Å². The maximum atomic E-state index is 12.0. The number of aromatic carboxylic acids is 1. The normalized spacial score (nSPS) is 11.2. The topological polar surface area (TPSA) is 92.2 Å². The van der Waals surface area contributed by atoms with E-state index in [1.165, 1.54) is 29.7 Å². The summed E-state index contributed by atoms with van der Waals surface area (Å²) in [6.45, 7) is 6.58. The van der Waals surface area contributed by atoms with Crippen LogP contribution >= 0.6 is 11.3 Å². The van der Waals surface area contributed by atoms with Crippen LogP contribution in [0.25, 0.3) is 0 Å². The lowest BCUT2D eigenvalue weighted by Crippen LogP contribution is -2.23. The van der Waals surface area contributed by atoms with Crippen LogP contribution in [0.5, 0.6) is 0 Å². The van der Waals surface area contributed by atoms with E-state index in [0.717, 1.165) is 10.7 Å². The van der Waals surface area contributed by atoms with Crippen LogP contribution in [0.1, 0.15) is 52.3 Å². The lowest BCUT2D eigenvalue weighted by Gasteiger charge is -2.14.